The Morgan fingerprint density at radius 3 is 2.68 bits per heavy atom. The molecule has 6 nitrogen and oxygen atoms in total. The number of para-hydroxylation sites is 1. The summed E-state index contributed by atoms with van der Waals surface area (Å²) in [7, 11) is 0. The van der Waals surface area contributed by atoms with Crippen molar-refractivity contribution in [2.24, 2.45) is 0 Å². The highest BCUT2D eigenvalue weighted by molar-refractivity contribution is 7.99. The van der Waals surface area contributed by atoms with Crippen molar-refractivity contribution in [2.45, 2.75) is 5.16 Å². The maximum absolute atomic E-state index is 11.8. The number of anilines is 1. The largest absolute Gasteiger partial charge is 0.325 e. The number of nitrogens with zero attached hydrogens (tertiary/aromatic N) is 4. The number of carbonyl (C=O) groups is 1. The van der Waals surface area contributed by atoms with Crippen LogP contribution in [0.2, 0.25) is 0 Å². The second kappa shape index (κ2) is 6.86. The number of aromatic nitrogens is 4. The Balaban J connectivity index is 1.56. The first-order chi connectivity index (χ1) is 10.8. The van der Waals surface area contributed by atoms with E-state index in [1.165, 1.54) is 11.8 Å². The second-order valence-corrected chi connectivity index (χ2v) is 5.32. The molecule has 0 bridgehead atoms. The van der Waals surface area contributed by atoms with Gasteiger partial charge in [0.25, 0.3) is 0 Å². The topological polar surface area (TPSA) is 72.7 Å². The molecule has 0 aliphatic rings. The summed E-state index contributed by atoms with van der Waals surface area (Å²) in [6, 6.07) is 13.2. The van der Waals surface area contributed by atoms with E-state index < -0.39 is 0 Å². The predicted octanol–water partition coefficient (Wildman–Crippen LogP) is 2.39. The Labute approximate surface area is 131 Å². The minimum atomic E-state index is -0.104. The molecule has 7 heteroatoms. The molecule has 2 heterocycles. The quantitative estimate of drug-likeness (QED) is 0.732. The maximum Gasteiger partial charge on any atom is 0.234 e. The monoisotopic (exact) mass is 311 g/mol. The van der Waals surface area contributed by atoms with Crippen molar-refractivity contribution in [3.8, 4) is 5.69 Å². The lowest BCUT2D eigenvalue weighted by Crippen LogP contribution is -2.14. The molecule has 1 aromatic carbocycles. The fourth-order valence-corrected chi connectivity index (χ4v) is 2.38. The zero-order valence-electron chi connectivity index (χ0n) is 11.6. The molecule has 0 spiro atoms. The summed E-state index contributed by atoms with van der Waals surface area (Å²) < 4.78 is 1.68. The number of rotatable bonds is 5. The van der Waals surface area contributed by atoms with Crippen LogP contribution in [0, 0.1) is 0 Å². The number of benzene rings is 1. The van der Waals surface area contributed by atoms with Gasteiger partial charge in [0.1, 0.15) is 6.33 Å². The van der Waals surface area contributed by atoms with Gasteiger partial charge in [0.15, 0.2) is 0 Å². The first-order valence-corrected chi connectivity index (χ1v) is 7.59. The number of hydrogen-bond acceptors (Lipinski definition) is 5. The third-order valence-corrected chi connectivity index (χ3v) is 3.64. The number of nitrogens with one attached hydrogen (secondary N) is 1. The van der Waals surface area contributed by atoms with Crippen LogP contribution in [0.1, 0.15) is 0 Å². The average Bonchev–Trinajstić information content (AvgIpc) is 3.04. The molecule has 0 fully saturated rings. The van der Waals surface area contributed by atoms with Gasteiger partial charge >= 0.3 is 0 Å². The van der Waals surface area contributed by atoms with Gasteiger partial charge in [-0.2, -0.15) is 0 Å². The van der Waals surface area contributed by atoms with Crippen LogP contribution in [-0.4, -0.2) is 31.4 Å². The SMILES string of the molecule is O=C(CSc1ncn(-c2ccccc2)n1)Nc1ccncc1. The Morgan fingerprint density at radius 1 is 1.14 bits per heavy atom. The molecule has 22 heavy (non-hydrogen) atoms. The van der Waals surface area contributed by atoms with E-state index in [0.29, 0.717) is 5.16 Å². The zero-order chi connectivity index (χ0) is 15.2. The van der Waals surface area contributed by atoms with Crippen LogP contribution in [0.5, 0.6) is 0 Å². The fraction of sp³-hybridized carbons (Fsp3) is 0.0667. The zero-order valence-corrected chi connectivity index (χ0v) is 12.4. The minimum absolute atomic E-state index is 0.104. The van der Waals surface area contributed by atoms with Crippen molar-refractivity contribution < 1.29 is 4.79 Å². The highest BCUT2D eigenvalue weighted by Gasteiger charge is 2.07. The fourth-order valence-electron chi connectivity index (χ4n) is 1.78. The third-order valence-electron chi connectivity index (χ3n) is 2.79. The van der Waals surface area contributed by atoms with E-state index in [1.807, 2.05) is 30.3 Å². The lowest BCUT2D eigenvalue weighted by molar-refractivity contribution is -0.113. The van der Waals surface area contributed by atoms with Gasteiger partial charge in [0.2, 0.25) is 11.1 Å². The van der Waals surface area contributed by atoms with Crippen molar-refractivity contribution in [3.05, 3.63) is 61.2 Å². The Kier molecular flexibility index (Phi) is 4.45. The van der Waals surface area contributed by atoms with Crippen LogP contribution in [0.25, 0.3) is 5.69 Å². The molecular weight excluding hydrogens is 298 g/mol. The molecule has 0 aliphatic carbocycles. The summed E-state index contributed by atoms with van der Waals surface area (Å²) in [6.07, 6.45) is 4.90. The number of pyridine rings is 1. The summed E-state index contributed by atoms with van der Waals surface area (Å²) in [5.74, 6) is 0.147. The first-order valence-electron chi connectivity index (χ1n) is 6.61. The van der Waals surface area contributed by atoms with E-state index in [-0.39, 0.29) is 11.7 Å². The highest BCUT2D eigenvalue weighted by Crippen LogP contribution is 2.14. The van der Waals surface area contributed by atoms with Crippen molar-refractivity contribution in [1.29, 1.82) is 0 Å². The number of amides is 1. The Bertz CT molecular complexity index is 745. The smallest absolute Gasteiger partial charge is 0.234 e. The first kappa shape index (κ1) is 14.3. The van der Waals surface area contributed by atoms with Crippen LogP contribution in [-0.2, 0) is 4.79 Å². The molecule has 0 aliphatic heterocycles. The van der Waals surface area contributed by atoms with Gasteiger partial charge in [-0.3, -0.25) is 9.78 Å². The van der Waals surface area contributed by atoms with Crippen LogP contribution >= 0.6 is 11.8 Å². The Hall–Kier alpha value is -2.67. The standard InChI is InChI=1S/C15H13N5OS/c21-14(18-12-6-8-16-9-7-12)10-22-15-17-11-20(19-15)13-4-2-1-3-5-13/h1-9,11H,10H2,(H,16,18,21). The average molecular weight is 311 g/mol. The normalized spacial score (nSPS) is 10.4. The molecular formula is C15H13N5OS. The van der Waals surface area contributed by atoms with Crippen LogP contribution in [0.4, 0.5) is 5.69 Å². The lowest BCUT2D eigenvalue weighted by Gasteiger charge is -2.02. The van der Waals surface area contributed by atoms with Gasteiger partial charge in [0.05, 0.1) is 11.4 Å². The minimum Gasteiger partial charge on any atom is -0.325 e. The lowest BCUT2D eigenvalue weighted by atomic mass is 10.3. The number of thioether (sulfide) groups is 1. The van der Waals surface area contributed by atoms with Gasteiger partial charge in [-0.1, -0.05) is 30.0 Å². The molecule has 1 amide bonds. The molecule has 3 rings (SSSR count). The third kappa shape index (κ3) is 3.70. The summed E-state index contributed by atoms with van der Waals surface area (Å²) in [5.41, 5.74) is 1.66. The van der Waals surface area contributed by atoms with E-state index in [9.17, 15) is 4.79 Å². The van der Waals surface area contributed by atoms with Crippen LogP contribution in [0.3, 0.4) is 0 Å². The van der Waals surface area contributed by atoms with E-state index in [1.54, 1.807) is 35.5 Å². The van der Waals surface area contributed by atoms with Gasteiger partial charge in [0, 0.05) is 18.1 Å². The summed E-state index contributed by atoms with van der Waals surface area (Å²) in [4.78, 5) is 19.9. The van der Waals surface area contributed by atoms with Crippen molar-refractivity contribution in [1.82, 2.24) is 19.7 Å². The summed E-state index contributed by atoms with van der Waals surface area (Å²) >= 11 is 1.29. The van der Waals surface area contributed by atoms with Gasteiger partial charge in [-0.05, 0) is 24.3 Å². The molecule has 0 saturated heterocycles. The van der Waals surface area contributed by atoms with Crippen molar-refractivity contribution in [2.75, 3.05) is 11.1 Å². The molecule has 0 atom stereocenters. The number of hydrogen-bond donors (Lipinski definition) is 1. The van der Waals surface area contributed by atoms with E-state index >= 15 is 0 Å². The molecule has 3 aromatic rings. The van der Waals surface area contributed by atoms with Crippen molar-refractivity contribution in [3.63, 3.8) is 0 Å². The van der Waals surface area contributed by atoms with Crippen LogP contribution in [0.15, 0.2) is 66.3 Å². The number of carbonyl (C=O) groups excluding carboxylic acids is 1. The second-order valence-electron chi connectivity index (χ2n) is 4.38. The molecule has 2 aromatic heterocycles. The van der Waals surface area contributed by atoms with E-state index in [4.69, 9.17) is 0 Å². The molecule has 0 radical (unpaired) electrons. The van der Waals surface area contributed by atoms with E-state index in [0.717, 1.165) is 11.4 Å². The van der Waals surface area contributed by atoms with Gasteiger partial charge in [-0.15, -0.1) is 5.10 Å². The van der Waals surface area contributed by atoms with Crippen molar-refractivity contribution >= 4 is 23.4 Å². The summed E-state index contributed by atoms with van der Waals surface area (Å²) in [6.45, 7) is 0. The van der Waals surface area contributed by atoms with E-state index in [2.05, 4.69) is 20.4 Å². The molecule has 110 valence electrons. The van der Waals surface area contributed by atoms with Crippen LogP contribution < -0.4 is 5.32 Å². The summed E-state index contributed by atoms with van der Waals surface area (Å²) in [5, 5.41) is 7.69. The maximum atomic E-state index is 11.8. The molecule has 0 unspecified atom stereocenters. The van der Waals surface area contributed by atoms with Gasteiger partial charge < -0.3 is 5.32 Å². The molecule has 1 N–H and O–H groups in total. The van der Waals surface area contributed by atoms with Gasteiger partial charge in [-0.25, -0.2) is 9.67 Å². The predicted molar refractivity (Wildman–Crippen MR) is 84.9 cm³/mol. The highest BCUT2D eigenvalue weighted by atomic mass is 32.2. The molecule has 0 saturated carbocycles. The Morgan fingerprint density at radius 2 is 1.91 bits per heavy atom.